The molecule has 5 rings (SSSR count). The third kappa shape index (κ3) is 5.39. The molecule has 1 aromatic heterocycles. The number of carbonyl (C=O) groups excluding carboxylic acids is 2. The molecule has 2 amide bonds. The summed E-state index contributed by atoms with van der Waals surface area (Å²) < 4.78 is 2.68. The lowest BCUT2D eigenvalue weighted by molar-refractivity contribution is -0.135. The van der Waals surface area contributed by atoms with Crippen LogP contribution in [0.4, 0.5) is 0 Å². The molecule has 2 aliphatic rings. The average Bonchev–Trinajstić information content (AvgIpc) is 3.39. The second-order valence-corrected chi connectivity index (χ2v) is 11.6. The first-order valence-corrected chi connectivity index (χ1v) is 14.4. The normalized spacial score (nSPS) is 19.4. The summed E-state index contributed by atoms with van der Waals surface area (Å²) in [5, 5.41) is 1.06. The number of likely N-dealkylation sites (tertiary alicyclic amines) is 1. The van der Waals surface area contributed by atoms with Crippen LogP contribution >= 0.6 is 24.0 Å². The smallest absolute Gasteiger partial charge is 0.266 e. The van der Waals surface area contributed by atoms with Crippen LogP contribution in [-0.2, 0) is 29.0 Å². The van der Waals surface area contributed by atoms with Crippen molar-refractivity contribution in [1.82, 2.24) is 14.4 Å². The molecular formula is C30H33N3O2S2. The number of nitrogens with zero attached hydrogens (tertiary/aromatic N) is 3. The lowest BCUT2D eigenvalue weighted by atomic mass is 10.0. The van der Waals surface area contributed by atoms with Crippen LogP contribution in [-0.4, -0.2) is 49.6 Å². The van der Waals surface area contributed by atoms with E-state index in [1.165, 1.54) is 29.3 Å². The number of hydrogen-bond donors (Lipinski definition) is 0. The highest BCUT2D eigenvalue weighted by Gasteiger charge is 2.32. The lowest BCUT2D eigenvalue weighted by Gasteiger charge is -2.33. The van der Waals surface area contributed by atoms with Crippen LogP contribution < -0.4 is 0 Å². The summed E-state index contributed by atoms with van der Waals surface area (Å²) >= 11 is 6.94. The molecule has 0 radical (unpaired) electrons. The highest BCUT2D eigenvalue weighted by atomic mass is 32.2. The predicted octanol–water partition coefficient (Wildman–Crippen LogP) is 6.05. The van der Waals surface area contributed by atoms with Crippen molar-refractivity contribution in [2.75, 3.05) is 13.1 Å². The Morgan fingerprint density at radius 2 is 1.95 bits per heavy atom. The predicted molar refractivity (Wildman–Crippen MR) is 156 cm³/mol. The number of benzene rings is 2. The van der Waals surface area contributed by atoms with Crippen molar-refractivity contribution < 1.29 is 9.59 Å². The molecule has 0 aliphatic carbocycles. The van der Waals surface area contributed by atoms with E-state index in [1.54, 1.807) is 4.90 Å². The van der Waals surface area contributed by atoms with E-state index in [1.807, 2.05) is 35.4 Å². The zero-order valence-electron chi connectivity index (χ0n) is 21.5. The van der Waals surface area contributed by atoms with Crippen LogP contribution in [0.25, 0.3) is 17.0 Å². The number of aromatic nitrogens is 1. The Balaban J connectivity index is 1.42. The van der Waals surface area contributed by atoms with Crippen LogP contribution in [0, 0.1) is 0 Å². The molecule has 2 saturated heterocycles. The van der Waals surface area contributed by atoms with Gasteiger partial charge >= 0.3 is 0 Å². The van der Waals surface area contributed by atoms with E-state index in [2.05, 4.69) is 48.7 Å². The van der Waals surface area contributed by atoms with E-state index in [4.69, 9.17) is 12.2 Å². The highest BCUT2D eigenvalue weighted by Crippen LogP contribution is 2.35. The molecule has 0 bridgehead atoms. The van der Waals surface area contributed by atoms with Gasteiger partial charge < -0.3 is 9.47 Å². The molecular weight excluding hydrogens is 498 g/mol. The molecule has 0 unspecified atom stereocenters. The SMILES string of the molecule is CCc1cccc2c(/C=C3\SC(=S)N(CCc4ccccc4)C3=O)cn(CC(=O)N3CCCC[C@H]3C)c12. The Kier molecular flexibility index (Phi) is 7.81. The van der Waals surface area contributed by atoms with Crippen LogP contribution in [0.3, 0.4) is 0 Å². The van der Waals surface area contributed by atoms with Gasteiger partial charge in [-0.2, -0.15) is 0 Å². The van der Waals surface area contributed by atoms with Crippen LogP contribution in [0.15, 0.2) is 59.6 Å². The fraction of sp³-hybridized carbons (Fsp3) is 0.367. The second-order valence-electron chi connectivity index (χ2n) is 9.88. The minimum atomic E-state index is -0.0447. The summed E-state index contributed by atoms with van der Waals surface area (Å²) in [5.74, 6) is 0.116. The molecule has 37 heavy (non-hydrogen) atoms. The number of thiocarbonyl (C=S) groups is 1. The fourth-order valence-corrected chi connectivity index (χ4v) is 6.71. The molecule has 2 aliphatic heterocycles. The third-order valence-electron chi connectivity index (χ3n) is 7.45. The van der Waals surface area contributed by atoms with Crippen LogP contribution in [0.2, 0.25) is 0 Å². The van der Waals surface area contributed by atoms with E-state index >= 15 is 0 Å². The van der Waals surface area contributed by atoms with Crippen molar-refractivity contribution >= 4 is 57.1 Å². The number of fused-ring (bicyclic) bond motifs is 1. The number of piperidine rings is 1. The number of aryl methyl sites for hydroxylation is 1. The maximum absolute atomic E-state index is 13.3. The second kappa shape index (κ2) is 11.2. The van der Waals surface area contributed by atoms with Gasteiger partial charge in [-0.15, -0.1) is 0 Å². The van der Waals surface area contributed by atoms with Crippen molar-refractivity contribution in [3.63, 3.8) is 0 Å². The first-order valence-electron chi connectivity index (χ1n) is 13.2. The largest absolute Gasteiger partial charge is 0.338 e. The number of thioether (sulfide) groups is 1. The highest BCUT2D eigenvalue weighted by molar-refractivity contribution is 8.26. The van der Waals surface area contributed by atoms with Crippen molar-refractivity contribution in [2.24, 2.45) is 0 Å². The number of para-hydroxylation sites is 1. The Labute approximate surface area is 228 Å². The fourth-order valence-electron chi connectivity index (χ4n) is 5.42. The standard InChI is InChI=1S/C30H33N3O2S2/c1-3-23-13-9-14-25-24(19-31(28(23)25)20-27(34)32-16-8-7-10-21(32)2)18-26-29(35)33(30(36)37-26)17-15-22-11-5-4-6-12-22/h4-6,9,11-14,18-19,21H,3,7-8,10,15-17,20H2,1-2H3/b26-18-/t21-/m1/s1. The van der Waals surface area contributed by atoms with E-state index in [0.717, 1.165) is 48.7 Å². The molecule has 0 spiro atoms. The van der Waals surface area contributed by atoms with Gasteiger partial charge in [0.2, 0.25) is 5.91 Å². The quantitative estimate of drug-likeness (QED) is 0.275. The van der Waals surface area contributed by atoms with E-state index < -0.39 is 0 Å². The Bertz CT molecular complexity index is 1360. The number of hydrogen-bond acceptors (Lipinski definition) is 4. The lowest BCUT2D eigenvalue weighted by Crippen LogP contribution is -2.43. The third-order valence-corrected chi connectivity index (χ3v) is 8.83. The molecule has 0 N–H and O–H groups in total. The van der Waals surface area contributed by atoms with Gasteiger partial charge in [-0.1, -0.05) is 79.4 Å². The molecule has 2 aromatic carbocycles. The minimum Gasteiger partial charge on any atom is -0.338 e. The summed E-state index contributed by atoms with van der Waals surface area (Å²) in [6.07, 6.45) is 8.94. The van der Waals surface area contributed by atoms with Gasteiger partial charge in [-0.05, 0) is 56.2 Å². The van der Waals surface area contributed by atoms with Crippen molar-refractivity contribution in [3.8, 4) is 0 Å². The minimum absolute atomic E-state index is 0.0447. The van der Waals surface area contributed by atoms with Crippen molar-refractivity contribution in [2.45, 2.75) is 58.5 Å². The Hall–Kier alpha value is -2.90. The topological polar surface area (TPSA) is 45.6 Å². The summed E-state index contributed by atoms with van der Waals surface area (Å²) in [4.78, 5) is 31.0. The maximum Gasteiger partial charge on any atom is 0.266 e. The Morgan fingerprint density at radius 1 is 1.14 bits per heavy atom. The monoisotopic (exact) mass is 531 g/mol. The molecule has 0 saturated carbocycles. The van der Waals surface area contributed by atoms with Gasteiger partial charge in [-0.25, -0.2) is 0 Å². The summed E-state index contributed by atoms with van der Waals surface area (Å²) in [7, 11) is 0. The van der Waals surface area contributed by atoms with E-state index in [9.17, 15) is 9.59 Å². The van der Waals surface area contributed by atoms with E-state index in [0.29, 0.717) is 22.3 Å². The molecule has 5 nitrogen and oxygen atoms in total. The molecule has 3 aromatic rings. The molecule has 2 fully saturated rings. The van der Waals surface area contributed by atoms with E-state index in [-0.39, 0.29) is 17.9 Å². The van der Waals surface area contributed by atoms with Gasteiger partial charge in [-0.3, -0.25) is 14.5 Å². The van der Waals surface area contributed by atoms with Crippen LogP contribution in [0.1, 0.15) is 49.8 Å². The van der Waals surface area contributed by atoms with Crippen molar-refractivity contribution in [1.29, 1.82) is 0 Å². The average molecular weight is 532 g/mol. The maximum atomic E-state index is 13.3. The number of carbonyl (C=O) groups is 2. The van der Waals surface area contributed by atoms with Gasteiger partial charge in [0.25, 0.3) is 5.91 Å². The summed E-state index contributed by atoms with van der Waals surface area (Å²) in [6.45, 7) is 5.99. The first-order chi connectivity index (χ1) is 18.0. The number of amides is 2. The zero-order valence-corrected chi connectivity index (χ0v) is 23.1. The van der Waals surface area contributed by atoms with Gasteiger partial charge in [0.1, 0.15) is 10.9 Å². The van der Waals surface area contributed by atoms with Crippen LogP contribution in [0.5, 0.6) is 0 Å². The van der Waals surface area contributed by atoms with Crippen molar-refractivity contribution in [3.05, 3.63) is 76.3 Å². The molecule has 192 valence electrons. The number of rotatable bonds is 7. The Morgan fingerprint density at radius 3 is 2.70 bits per heavy atom. The summed E-state index contributed by atoms with van der Waals surface area (Å²) in [6, 6.07) is 16.7. The van der Waals surface area contributed by atoms with Gasteiger partial charge in [0, 0.05) is 36.3 Å². The first kappa shape index (κ1) is 25.7. The van der Waals surface area contributed by atoms with Gasteiger partial charge in [0.15, 0.2) is 0 Å². The summed E-state index contributed by atoms with van der Waals surface area (Å²) in [5.41, 5.74) is 4.41. The molecule has 7 heteroatoms. The zero-order chi connectivity index (χ0) is 25.9. The molecule has 3 heterocycles. The molecule has 1 atom stereocenters. The van der Waals surface area contributed by atoms with Gasteiger partial charge in [0.05, 0.1) is 10.4 Å².